The van der Waals surface area contributed by atoms with E-state index in [2.05, 4.69) is 5.32 Å². The van der Waals surface area contributed by atoms with Gasteiger partial charge in [-0.2, -0.15) is 0 Å². The number of carbonyl (C=O) groups excluding carboxylic acids is 3. The summed E-state index contributed by atoms with van der Waals surface area (Å²) >= 11 is 0. The fourth-order valence-corrected chi connectivity index (χ4v) is 5.26. The second kappa shape index (κ2) is 7.89. The number of ketones is 2. The van der Waals surface area contributed by atoms with Crippen LogP contribution in [0.5, 0.6) is 5.75 Å². The van der Waals surface area contributed by atoms with Crippen molar-refractivity contribution in [3.63, 3.8) is 0 Å². The van der Waals surface area contributed by atoms with Gasteiger partial charge in [0, 0.05) is 30.8 Å². The molecule has 10 heteroatoms. The Labute approximate surface area is 190 Å². The molecule has 0 radical (unpaired) electrons. The van der Waals surface area contributed by atoms with Crippen LogP contribution in [-0.4, -0.2) is 73.8 Å². The van der Waals surface area contributed by atoms with Crippen LogP contribution in [0.4, 0.5) is 4.79 Å². The Morgan fingerprint density at radius 3 is 2.61 bits per heavy atom. The number of ether oxygens (including phenoxy) is 4. The number of allylic oxidation sites excluding steroid dienone is 2. The number of carbonyl (C=O) groups is 3. The second-order valence-corrected chi connectivity index (χ2v) is 8.38. The van der Waals surface area contributed by atoms with Gasteiger partial charge in [-0.05, 0) is 19.1 Å². The van der Waals surface area contributed by atoms with E-state index in [4.69, 9.17) is 24.7 Å². The number of piperazine rings is 1. The highest BCUT2D eigenvalue weighted by Gasteiger charge is 2.72. The smallest absolute Gasteiger partial charge is 0.404 e. The van der Waals surface area contributed by atoms with E-state index in [-0.39, 0.29) is 54.6 Å². The second-order valence-electron chi connectivity index (χ2n) is 8.38. The number of hydrogen-bond acceptors (Lipinski definition) is 9. The number of methoxy groups -OCH3 is 1. The van der Waals surface area contributed by atoms with Gasteiger partial charge in [0.05, 0.1) is 17.7 Å². The van der Waals surface area contributed by atoms with Crippen molar-refractivity contribution >= 4 is 17.7 Å². The van der Waals surface area contributed by atoms with Crippen molar-refractivity contribution in [1.82, 2.24) is 10.2 Å². The molecule has 1 amide bonds. The Hall–Kier alpha value is -3.37. The molecule has 4 atom stereocenters. The molecule has 33 heavy (non-hydrogen) atoms. The molecular formula is C23H25N3O7. The molecule has 3 N–H and O–H groups in total. The minimum absolute atomic E-state index is 0.0211. The van der Waals surface area contributed by atoms with E-state index >= 15 is 0 Å². The number of amides is 1. The third-order valence-electron chi connectivity index (χ3n) is 6.71. The van der Waals surface area contributed by atoms with E-state index in [1.807, 2.05) is 35.2 Å². The normalized spacial score (nSPS) is 29.6. The Balaban J connectivity index is 1.39. The van der Waals surface area contributed by atoms with Gasteiger partial charge < -0.3 is 34.9 Å². The minimum Gasteiger partial charge on any atom is -0.490 e. The zero-order chi connectivity index (χ0) is 23.3. The zero-order valence-electron chi connectivity index (χ0n) is 18.3. The van der Waals surface area contributed by atoms with Crippen LogP contribution in [-0.2, 0) is 23.8 Å². The van der Waals surface area contributed by atoms with E-state index in [9.17, 15) is 14.4 Å². The summed E-state index contributed by atoms with van der Waals surface area (Å²) in [6, 6.07) is 9.25. The number of benzene rings is 1. The molecule has 3 heterocycles. The molecule has 0 bridgehead atoms. The molecule has 174 valence electrons. The maximum Gasteiger partial charge on any atom is 0.404 e. The van der Waals surface area contributed by atoms with Crippen LogP contribution in [0, 0.1) is 5.92 Å². The summed E-state index contributed by atoms with van der Waals surface area (Å²) in [4.78, 5) is 40.2. The highest BCUT2D eigenvalue weighted by atomic mass is 16.6. The van der Waals surface area contributed by atoms with Crippen molar-refractivity contribution < 1.29 is 33.3 Å². The quantitative estimate of drug-likeness (QED) is 0.325. The predicted octanol–water partition coefficient (Wildman–Crippen LogP) is 0.486. The number of para-hydroxylation sites is 1. The van der Waals surface area contributed by atoms with Crippen LogP contribution in [0.1, 0.15) is 6.92 Å². The van der Waals surface area contributed by atoms with Gasteiger partial charge in [0.25, 0.3) is 0 Å². The lowest BCUT2D eigenvalue weighted by molar-refractivity contribution is -0.137. The topological polar surface area (TPSA) is 139 Å². The summed E-state index contributed by atoms with van der Waals surface area (Å²) in [7, 11) is 1.53. The zero-order valence-corrected chi connectivity index (χ0v) is 18.3. The van der Waals surface area contributed by atoms with Crippen molar-refractivity contribution in [2.75, 3.05) is 33.5 Å². The largest absolute Gasteiger partial charge is 0.490 e. The number of primary amides is 1. The molecule has 4 unspecified atom stereocenters. The summed E-state index contributed by atoms with van der Waals surface area (Å²) in [5.74, 6) is -0.752. The molecule has 0 saturated carbocycles. The summed E-state index contributed by atoms with van der Waals surface area (Å²) in [5.41, 5.74) is 4.94. The van der Waals surface area contributed by atoms with Gasteiger partial charge in [0.2, 0.25) is 11.6 Å². The maximum absolute atomic E-state index is 13.6. The van der Waals surface area contributed by atoms with Crippen LogP contribution < -0.4 is 15.8 Å². The molecule has 1 aliphatic carbocycles. The van der Waals surface area contributed by atoms with Gasteiger partial charge in [0.15, 0.2) is 11.5 Å². The maximum atomic E-state index is 13.6. The van der Waals surface area contributed by atoms with Gasteiger partial charge in [-0.15, -0.1) is 0 Å². The molecule has 10 nitrogen and oxygen atoms in total. The number of Topliss-reactive ketones (excluding diaryl/α,β-unsaturated/α-hetero) is 2. The first-order valence-corrected chi connectivity index (χ1v) is 10.8. The molecule has 0 aromatic heterocycles. The molecule has 4 aliphatic rings. The summed E-state index contributed by atoms with van der Waals surface area (Å²) in [6.45, 7) is 2.18. The van der Waals surface area contributed by atoms with Crippen LogP contribution in [0.15, 0.2) is 52.9 Å². The molecule has 3 aliphatic heterocycles. The number of nitrogens with two attached hydrogens (primary N) is 1. The molecular weight excluding hydrogens is 430 g/mol. The van der Waals surface area contributed by atoms with Gasteiger partial charge in [-0.3, -0.25) is 9.59 Å². The third kappa shape index (κ3) is 3.20. The fourth-order valence-electron chi connectivity index (χ4n) is 5.26. The van der Waals surface area contributed by atoms with Gasteiger partial charge in [0.1, 0.15) is 25.6 Å². The standard InChI is InChI=1S/C23H25N3O7/c1-12-18(27)17-16(19(28)20(12)32-9-8-31-13-6-4-3-5-7-13)14(11-33-22(24)29)23(30-2)21-15(25-21)10-26(17)23/h3-7,14-15,21,25H,8-11H2,1-2H3,(H2,24,29). The van der Waals surface area contributed by atoms with Crippen LogP contribution >= 0.6 is 0 Å². The number of rotatable bonds is 8. The fraction of sp³-hybridized carbons (Fsp3) is 0.435. The lowest BCUT2D eigenvalue weighted by Crippen LogP contribution is -2.55. The van der Waals surface area contributed by atoms with E-state index in [0.29, 0.717) is 18.0 Å². The summed E-state index contributed by atoms with van der Waals surface area (Å²) in [6.07, 6.45) is -0.962. The lowest BCUT2D eigenvalue weighted by Gasteiger charge is -2.39. The Morgan fingerprint density at radius 2 is 1.91 bits per heavy atom. The van der Waals surface area contributed by atoms with Crippen molar-refractivity contribution in [3.05, 3.63) is 52.9 Å². The average molecular weight is 455 g/mol. The Kier molecular flexibility index (Phi) is 5.13. The monoisotopic (exact) mass is 455 g/mol. The minimum atomic E-state index is -1.01. The van der Waals surface area contributed by atoms with Crippen molar-refractivity contribution in [3.8, 4) is 5.75 Å². The number of fused-ring (bicyclic) bond motifs is 4. The molecule has 1 aromatic carbocycles. The van der Waals surface area contributed by atoms with E-state index in [1.165, 1.54) is 7.11 Å². The highest BCUT2D eigenvalue weighted by Crippen LogP contribution is 2.55. The average Bonchev–Trinajstić information content (AvgIpc) is 3.42. The van der Waals surface area contributed by atoms with E-state index in [0.717, 1.165) is 0 Å². The first kappa shape index (κ1) is 21.5. The Bertz CT molecular complexity index is 1080. The van der Waals surface area contributed by atoms with E-state index < -0.39 is 23.5 Å². The number of hydrogen-bond donors (Lipinski definition) is 2. The van der Waals surface area contributed by atoms with Crippen LogP contribution in [0.25, 0.3) is 0 Å². The molecule has 0 spiro atoms. The van der Waals surface area contributed by atoms with Crippen LogP contribution in [0.2, 0.25) is 0 Å². The Morgan fingerprint density at radius 1 is 1.18 bits per heavy atom. The van der Waals surface area contributed by atoms with Gasteiger partial charge in [-0.1, -0.05) is 18.2 Å². The first-order chi connectivity index (χ1) is 15.9. The third-order valence-corrected chi connectivity index (χ3v) is 6.71. The van der Waals surface area contributed by atoms with Gasteiger partial charge in [-0.25, -0.2) is 4.79 Å². The van der Waals surface area contributed by atoms with Gasteiger partial charge >= 0.3 is 6.09 Å². The lowest BCUT2D eigenvalue weighted by atomic mass is 9.83. The first-order valence-electron chi connectivity index (χ1n) is 10.8. The molecule has 5 rings (SSSR count). The SMILES string of the molecule is COC12C(COC(N)=O)C3=C(C(=O)C(C)=C(OCCOc4ccccc4)C3=O)N1CC1NC12. The van der Waals surface area contributed by atoms with Crippen molar-refractivity contribution in [2.45, 2.75) is 24.7 Å². The molecule has 2 saturated heterocycles. The van der Waals surface area contributed by atoms with E-state index in [1.54, 1.807) is 6.92 Å². The summed E-state index contributed by atoms with van der Waals surface area (Å²) in [5, 5.41) is 3.32. The summed E-state index contributed by atoms with van der Waals surface area (Å²) < 4.78 is 22.4. The molecule has 2 fully saturated rings. The van der Waals surface area contributed by atoms with Crippen molar-refractivity contribution in [2.24, 2.45) is 11.7 Å². The number of nitrogens with zero attached hydrogens (tertiary/aromatic N) is 1. The highest BCUT2D eigenvalue weighted by molar-refractivity contribution is 6.25. The predicted molar refractivity (Wildman–Crippen MR) is 114 cm³/mol. The van der Waals surface area contributed by atoms with Crippen LogP contribution in [0.3, 0.4) is 0 Å². The number of nitrogens with one attached hydrogen (secondary N) is 1. The van der Waals surface area contributed by atoms with Crippen molar-refractivity contribution in [1.29, 1.82) is 0 Å². The molecule has 1 aromatic rings.